The highest BCUT2D eigenvalue weighted by Gasteiger charge is 2.28. The van der Waals surface area contributed by atoms with Crippen molar-refractivity contribution in [3.05, 3.63) is 439 Å². The molecular formula is C112H72N24. The molecule has 0 fully saturated rings. The van der Waals surface area contributed by atoms with E-state index in [2.05, 4.69) is 339 Å². The number of imidazole rings is 4. The lowest BCUT2D eigenvalue weighted by molar-refractivity contribution is 1.00. The number of fused-ring (bicyclic) bond motifs is 20. The molecule has 24 nitrogen and oxygen atoms in total. The molecule has 0 aliphatic rings. The molecule has 0 radical (unpaired) electrons. The molecule has 136 heavy (non-hydrogen) atoms. The molecule has 28 rings (SSSR count). The first-order valence-electron chi connectivity index (χ1n) is 44.3. The van der Waals surface area contributed by atoms with Crippen molar-refractivity contribution in [1.82, 2.24) is 116 Å². The van der Waals surface area contributed by atoms with Crippen molar-refractivity contribution in [2.45, 2.75) is 0 Å². The molecule has 28 aromatic rings. The predicted octanol–water partition coefficient (Wildman–Crippen LogP) is 23.9. The monoisotopic (exact) mass is 1750 g/mol. The van der Waals surface area contributed by atoms with Gasteiger partial charge in [-0.3, -0.25) is 38.2 Å². The Morgan fingerprint density at radius 3 is 0.544 bits per heavy atom. The Hall–Kier alpha value is -19.4. The maximum atomic E-state index is 5.21. The Morgan fingerprint density at radius 2 is 0.338 bits per heavy atom. The third-order valence-corrected chi connectivity index (χ3v) is 24.8. The van der Waals surface area contributed by atoms with E-state index in [9.17, 15) is 0 Å². The van der Waals surface area contributed by atoms with Crippen LogP contribution >= 0.6 is 0 Å². The van der Waals surface area contributed by atoms with E-state index in [0.717, 1.165) is 201 Å². The van der Waals surface area contributed by atoms with Crippen LogP contribution in [0.2, 0.25) is 0 Å². The zero-order valence-corrected chi connectivity index (χ0v) is 72.3. The van der Waals surface area contributed by atoms with Gasteiger partial charge < -0.3 is 18.3 Å². The topological polar surface area (TPSA) is 246 Å². The molecule has 0 unspecified atom stereocenters. The summed E-state index contributed by atoms with van der Waals surface area (Å²) in [6.45, 7) is 0. The first-order valence-corrected chi connectivity index (χ1v) is 44.3. The lowest BCUT2D eigenvalue weighted by atomic mass is 10.1. The van der Waals surface area contributed by atoms with Crippen molar-refractivity contribution >= 4 is 131 Å². The third-order valence-electron chi connectivity index (χ3n) is 24.8. The van der Waals surface area contributed by atoms with Crippen molar-refractivity contribution in [3.8, 4) is 91.6 Å². The van der Waals surface area contributed by atoms with Crippen molar-refractivity contribution in [3.63, 3.8) is 0 Å². The molecule has 0 amide bonds. The van der Waals surface area contributed by atoms with Gasteiger partial charge in [0, 0.05) is 162 Å². The zero-order valence-electron chi connectivity index (χ0n) is 72.3. The SMILES string of the molecule is c1ccc(-n2c3ccccc3c3c4nc(-c5ccncc5)n(-c5ccncn5)c4ccc32)cc1.c1ccc(-n2c3ccccc3c3c4nc(-c5ccncc5)n(-c5ccncn5)c4ccc32)cc1.c1ccc(-n2c3ccccc3c3c4nc(-c5ccncc5)n(-c5ccncn5)c4ccc32)cc1.c1ccc(-n2c3ccccc3c3c4nc(-c5ccncc5)n(-c5ccncn5)c4ccc32)cc1. The molecule has 0 saturated carbocycles. The summed E-state index contributed by atoms with van der Waals surface area (Å²) in [6, 6.07) is 117. The van der Waals surface area contributed by atoms with Gasteiger partial charge in [0.1, 0.15) is 71.9 Å². The van der Waals surface area contributed by atoms with Crippen LogP contribution in [0, 0.1) is 0 Å². The number of hydrogen-bond acceptors (Lipinski definition) is 16. The summed E-state index contributed by atoms with van der Waals surface area (Å²) in [5.74, 6) is 6.37. The van der Waals surface area contributed by atoms with E-state index in [4.69, 9.17) is 19.9 Å². The Kier molecular flexibility index (Phi) is 19.5. The highest BCUT2D eigenvalue weighted by molar-refractivity contribution is 6.24. The molecule has 12 aromatic carbocycles. The highest BCUT2D eigenvalue weighted by Crippen LogP contribution is 2.45. The minimum absolute atomic E-state index is 0.774. The maximum absolute atomic E-state index is 5.21. The standard InChI is InChI=1S/4C28H18N6/c4*1-2-6-20(7-3-1)33-22-9-5-4-8-21(22)26-23(33)10-11-24-27(26)32-28(19-12-15-29-16-13-19)34(24)25-14-17-30-18-31-25/h4*1-18H. The Bertz CT molecular complexity index is 8220. The van der Waals surface area contributed by atoms with Crippen LogP contribution < -0.4 is 0 Å². The molecule has 0 bridgehead atoms. The van der Waals surface area contributed by atoms with Crippen LogP contribution in [0.3, 0.4) is 0 Å². The van der Waals surface area contributed by atoms with Crippen molar-refractivity contribution in [2.75, 3.05) is 0 Å². The van der Waals surface area contributed by atoms with Gasteiger partial charge in [0.05, 0.1) is 88.3 Å². The molecule has 0 N–H and O–H groups in total. The van der Waals surface area contributed by atoms with Crippen molar-refractivity contribution in [1.29, 1.82) is 0 Å². The van der Waals surface area contributed by atoms with Gasteiger partial charge in [-0.1, -0.05) is 146 Å². The molecule has 16 aromatic heterocycles. The molecule has 0 spiro atoms. The fraction of sp³-hybridized carbons (Fsp3) is 0. The molecule has 0 saturated heterocycles. The zero-order chi connectivity index (χ0) is 89.9. The number of benzene rings is 12. The summed E-state index contributed by atoms with van der Waals surface area (Å²) in [5.41, 5.74) is 25.2. The number of hydrogen-bond donors (Lipinski definition) is 0. The summed E-state index contributed by atoms with van der Waals surface area (Å²) in [4.78, 5) is 72.2. The van der Waals surface area contributed by atoms with Crippen LogP contribution in [0.25, 0.3) is 223 Å². The van der Waals surface area contributed by atoms with E-state index in [1.165, 1.54) is 21.5 Å². The highest BCUT2D eigenvalue weighted by atomic mass is 15.2. The van der Waals surface area contributed by atoms with E-state index in [0.29, 0.717) is 0 Å². The molecular weight excluding hydrogens is 1680 g/mol. The second-order valence-electron chi connectivity index (χ2n) is 32.4. The molecule has 16 heterocycles. The first-order chi connectivity index (χ1) is 67.6. The summed E-state index contributed by atoms with van der Waals surface area (Å²) in [5, 5.41) is 9.17. The second kappa shape index (κ2) is 33.6. The van der Waals surface area contributed by atoms with Gasteiger partial charge in [0.2, 0.25) is 0 Å². The Labute approximate surface area is 773 Å². The van der Waals surface area contributed by atoms with Crippen LogP contribution in [-0.4, -0.2) is 116 Å². The molecule has 640 valence electrons. The molecule has 0 aliphatic heterocycles. The van der Waals surface area contributed by atoms with Crippen LogP contribution in [0.5, 0.6) is 0 Å². The fourth-order valence-corrected chi connectivity index (χ4v) is 19.2. The van der Waals surface area contributed by atoms with Gasteiger partial charge in [-0.15, -0.1) is 0 Å². The second-order valence-corrected chi connectivity index (χ2v) is 32.4. The number of pyridine rings is 4. The third kappa shape index (κ3) is 13.4. The lowest BCUT2D eigenvalue weighted by Crippen LogP contribution is -2.00. The van der Waals surface area contributed by atoms with E-state index in [1.54, 1.807) is 99.7 Å². The largest absolute Gasteiger partial charge is 0.309 e. The Morgan fingerprint density at radius 1 is 0.147 bits per heavy atom. The number of para-hydroxylation sites is 8. The lowest BCUT2D eigenvalue weighted by Gasteiger charge is -2.09. The van der Waals surface area contributed by atoms with E-state index >= 15 is 0 Å². The smallest absolute Gasteiger partial charge is 0.147 e. The predicted molar refractivity (Wildman–Crippen MR) is 537 cm³/mol. The summed E-state index contributed by atoms with van der Waals surface area (Å²) < 4.78 is 17.6. The van der Waals surface area contributed by atoms with Crippen LogP contribution in [-0.2, 0) is 0 Å². The van der Waals surface area contributed by atoms with E-state index < -0.39 is 0 Å². The van der Waals surface area contributed by atoms with Crippen LogP contribution in [0.1, 0.15) is 0 Å². The quantitative estimate of drug-likeness (QED) is 0.110. The average molecular weight is 1750 g/mol. The van der Waals surface area contributed by atoms with Gasteiger partial charge in [-0.05, 0) is 194 Å². The van der Waals surface area contributed by atoms with Gasteiger partial charge >= 0.3 is 0 Å². The van der Waals surface area contributed by atoms with E-state index in [-0.39, 0.29) is 0 Å². The summed E-state index contributed by atoms with van der Waals surface area (Å²) in [6.07, 6.45) is 27.6. The van der Waals surface area contributed by atoms with Crippen LogP contribution in [0.4, 0.5) is 0 Å². The van der Waals surface area contributed by atoms with Crippen molar-refractivity contribution in [2.24, 2.45) is 0 Å². The summed E-state index contributed by atoms with van der Waals surface area (Å²) >= 11 is 0. The van der Waals surface area contributed by atoms with Gasteiger partial charge in [-0.2, -0.15) is 0 Å². The van der Waals surface area contributed by atoms with Gasteiger partial charge in [-0.25, -0.2) is 59.8 Å². The molecule has 0 atom stereocenters. The minimum Gasteiger partial charge on any atom is -0.309 e. The number of nitrogens with zero attached hydrogens (tertiary/aromatic N) is 24. The Balaban J connectivity index is 0.0000000965. The maximum Gasteiger partial charge on any atom is 0.147 e. The minimum atomic E-state index is 0.774. The number of aromatic nitrogens is 24. The number of rotatable bonds is 12. The van der Waals surface area contributed by atoms with E-state index in [1.807, 2.05) is 97.1 Å². The first kappa shape index (κ1) is 78.9. The van der Waals surface area contributed by atoms with Gasteiger partial charge in [0.25, 0.3) is 0 Å². The average Bonchev–Trinajstić information content (AvgIpc) is 1.57. The van der Waals surface area contributed by atoms with Gasteiger partial charge in [0.15, 0.2) is 0 Å². The molecule has 0 aliphatic carbocycles. The van der Waals surface area contributed by atoms with Crippen LogP contribution in [0.15, 0.2) is 439 Å². The normalized spacial score (nSPS) is 11.5. The summed E-state index contributed by atoms with van der Waals surface area (Å²) in [7, 11) is 0. The molecule has 24 heteroatoms. The fourth-order valence-electron chi connectivity index (χ4n) is 19.2. The van der Waals surface area contributed by atoms with Crippen molar-refractivity contribution < 1.29 is 0 Å².